The van der Waals surface area contributed by atoms with Crippen LogP contribution in [0.5, 0.6) is 11.5 Å². The average molecular weight is 997 g/mol. The van der Waals surface area contributed by atoms with Crippen molar-refractivity contribution < 1.29 is 29.3 Å². The fourth-order valence-corrected chi connectivity index (χ4v) is 11.8. The SMILES string of the molecule is C#Cc1cnc(CNC(=O)[C@@H]2C[C@@H](O)CN2C(=O)[C@@H](NC(=O)[C@H]2CCC3(CC2)C[C@H](N2CCC(c4cnc(N5CCN(c6cc(-c7ccccc7O)nnc6NCC)CC5)nc4)CC2)C3)C(C)(C)C)c(OC)c1. The van der Waals surface area contributed by atoms with Gasteiger partial charge in [0.1, 0.15) is 29.3 Å². The third-order valence-corrected chi connectivity index (χ3v) is 16.1. The number of aromatic hydroxyl groups is 1. The number of terminal acetylenes is 1. The molecular weight excluding hydrogens is 925 g/mol. The standard InChI is InChI=1S/C55H72N12O6/c1-7-35-25-47(73-6)43(57-30-35)33-58-51(71)45-26-40(68)34-67(45)52(72)48(54(3,4)5)61-50(70)37-13-17-55(18-14-37)28-39(29-55)64-19-15-36(16-20-64)38-31-59-53(60-32-38)66-23-21-65(22-24-66)44-27-42(62-63-49(44)56-8-2)41-11-9-10-12-46(41)69/h1,9-12,25,27,30-32,36-37,39-40,45,48,68-69H,8,13-24,26,28-29,33-34H2,2-6H3,(H,56,63)(H,58,71)(H,61,70)/t37-,39-,40-,45+,48-,55?/m1/s1. The molecule has 2 saturated carbocycles. The Kier molecular flexibility index (Phi) is 15.4. The number of carbonyl (C=O) groups is 3. The van der Waals surface area contributed by atoms with Crippen molar-refractivity contribution in [3.05, 3.63) is 71.8 Å². The van der Waals surface area contributed by atoms with E-state index >= 15 is 0 Å². The maximum Gasteiger partial charge on any atom is 0.246 e. The molecule has 3 atom stereocenters. The van der Waals surface area contributed by atoms with Crippen molar-refractivity contribution in [2.75, 3.05) is 74.6 Å². The number of rotatable bonds is 14. The van der Waals surface area contributed by atoms with Crippen LogP contribution in [0.25, 0.3) is 11.3 Å². The minimum absolute atomic E-state index is 0.000907. The van der Waals surface area contributed by atoms with Crippen LogP contribution in [0.4, 0.5) is 17.5 Å². The number of benzene rings is 1. The van der Waals surface area contributed by atoms with Crippen LogP contribution in [0.15, 0.2) is 55.0 Å². The maximum atomic E-state index is 14.3. The minimum atomic E-state index is -0.906. The van der Waals surface area contributed by atoms with Gasteiger partial charge in [-0.1, -0.05) is 38.8 Å². The van der Waals surface area contributed by atoms with Crippen molar-refractivity contribution in [2.45, 2.75) is 122 Å². The molecule has 9 rings (SSSR count). The molecule has 2 aliphatic carbocycles. The van der Waals surface area contributed by atoms with Gasteiger partial charge in [0.2, 0.25) is 23.7 Å². The topological polar surface area (TPSA) is 214 Å². The number of para-hydroxylation sites is 1. The Morgan fingerprint density at radius 2 is 1.62 bits per heavy atom. The predicted molar refractivity (Wildman–Crippen MR) is 279 cm³/mol. The number of ether oxygens (including phenoxy) is 1. The van der Waals surface area contributed by atoms with E-state index < -0.39 is 29.5 Å². The maximum absolute atomic E-state index is 14.3. The first kappa shape index (κ1) is 51.3. The van der Waals surface area contributed by atoms with E-state index in [1.165, 1.54) is 23.8 Å². The van der Waals surface area contributed by atoms with Gasteiger partial charge in [-0.05, 0) is 118 Å². The predicted octanol–water partition coefficient (Wildman–Crippen LogP) is 5.11. The van der Waals surface area contributed by atoms with E-state index in [9.17, 15) is 24.6 Å². The monoisotopic (exact) mass is 997 g/mol. The van der Waals surface area contributed by atoms with Crippen LogP contribution >= 0.6 is 0 Å². The molecule has 1 aromatic carbocycles. The van der Waals surface area contributed by atoms with Crippen LogP contribution in [0.3, 0.4) is 0 Å². The lowest BCUT2D eigenvalue weighted by Crippen LogP contribution is -2.59. The van der Waals surface area contributed by atoms with E-state index in [2.05, 4.69) is 51.8 Å². The number of phenolic OH excluding ortho intramolecular Hbond substituents is 1. The number of hydrogen-bond donors (Lipinski definition) is 5. The fourth-order valence-electron chi connectivity index (χ4n) is 11.8. The summed E-state index contributed by atoms with van der Waals surface area (Å²) in [6.07, 6.45) is 18.3. The van der Waals surface area contributed by atoms with Crippen molar-refractivity contribution >= 4 is 35.2 Å². The lowest BCUT2D eigenvalue weighted by molar-refractivity contribution is -0.145. The zero-order chi connectivity index (χ0) is 51.4. The molecule has 388 valence electrons. The number of pyridine rings is 1. The lowest BCUT2D eigenvalue weighted by atomic mass is 9.56. The van der Waals surface area contributed by atoms with Gasteiger partial charge in [0.25, 0.3) is 0 Å². The quantitative estimate of drug-likeness (QED) is 0.104. The molecule has 3 saturated heterocycles. The number of anilines is 3. The summed E-state index contributed by atoms with van der Waals surface area (Å²) in [5.74, 6) is 3.95. The molecule has 3 aliphatic heterocycles. The van der Waals surface area contributed by atoms with Gasteiger partial charge in [0.15, 0.2) is 5.82 Å². The molecule has 3 amide bonds. The summed E-state index contributed by atoms with van der Waals surface area (Å²) in [6.45, 7) is 13.7. The minimum Gasteiger partial charge on any atom is -0.507 e. The molecule has 3 aromatic heterocycles. The number of methoxy groups -OCH3 is 1. The normalized spacial score (nSPS) is 24.1. The number of nitrogens with one attached hydrogen (secondary N) is 3. The second kappa shape index (κ2) is 21.9. The summed E-state index contributed by atoms with van der Waals surface area (Å²) in [7, 11) is 1.50. The van der Waals surface area contributed by atoms with E-state index in [0.29, 0.717) is 40.2 Å². The van der Waals surface area contributed by atoms with Gasteiger partial charge in [-0.2, -0.15) is 0 Å². The Bertz CT molecular complexity index is 2640. The van der Waals surface area contributed by atoms with E-state index in [-0.39, 0.29) is 48.4 Å². The Hall–Kier alpha value is -6.58. The van der Waals surface area contributed by atoms with Gasteiger partial charge in [0, 0.05) is 87.4 Å². The molecular formula is C55H72N12O6. The van der Waals surface area contributed by atoms with Crippen molar-refractivity contribution in [3.8, 4) is 35.1 Å². The van der Waals surface area contributed by atoms with Gasteiger partial charge < -0.3 is 50.5 Å². The number of piperidine rings is 1. The van der Waals surface area contributed by atoms with Crippen LogP contribution in [0.2, 0.25) is 0 Å². The number of nitrogens with zero attached hydrogens (tertiary/aromatic N) is 9. The summed E-state index contributed by atoms with van der Waals surface area (Å²) < 4.78 is 5.42. The molecule has 5 fully saturated rings. The third-order valence-electron chi connectivity index (χ3n) is 16.1. The number of hydrogen-bond acceptors (Lipinski definition) is 15. The first-order valence-electron chi connectivity index (χ1n) is 26.2. The molecule has 18 heteroatoms. The molecule has 0 bridgehead atoms. The molecule has 18 nitrogen and oxygen atoms in total. The number of amides is 3. The number of aliphatic hydroxyl groups excluding tert-OH is 1. The summed E-state index contributed by atoms with van der Waals surface area (Å²) in [5.41, 5.74) is 4.11. The number of aliphatic hydroxyl groups is 1. The molecule has 4 aromatic rings. The largest absolute Gasteiger partial charge is 0.507 e. The van der Waals surface area contributed by atoms with Gasteiger partial charge in [-0.3, -0.25) is 19.4 Å². The molecule has 73 heavy (non-hydrogen) atoms. The summed E-state index contributed by atoms with van der Waals surface area (Å²) in [6, 6.07) is 9.66. The Labute approximate surface area is 429 Å². The molecule has 6 heterocycles. The molecule has 1 spiro atoms. The highest BCUT2D eigenvalue weighted by Gasteiger charge is 2.50. The first-order chi connectivity index (χ1) is 35.1. The Morgan fingerprint density at radius 3 is 2.27 bits per heavy atom. The van der Waals surface area contributed by atoms with Crippen molar-refractivity contribution in [1.29, 1.82) is 0 Å². The molecule has 0 unspecified atom stereocenters. The molecule has 5 N–H and O–H groups in total. The van der Waals surface area contributed by atoms with Crippen LogP contribution in [-0.4, -0.2) is 147 Å². The third kappa shape index (κ3) is 11.3. The highest BCUT2D eigenvalue weighted by Crippen LogP contribution is 2.55. The average Bonchev–Trinajstić information content (AvgIpc) is 3.80. The van der Waals surface area contributed by atoms with Crippen LogP contribution < -0.4 is 30.5 Å². The second-order valence-electron chi connectivity index (χ2n) is 21.9. The summed E-state index contributed by atoms with van der Waals surface area (Å²) >= 11 is 0. The number of likely N-dealkylation sites (tertiary alicyclic amines) is 2. The van der Waals surface area contributed by atoms with Crippen LogP contribution in [0.1, 0.15) is 108 Å². The lowest BCUT2D eigenvalue weighted by Gasteiger charge is -2.55. The Morgan fingerprint density at radius 1 is 0.918 bits per heavy atom. The highest BCUT2D eigenvalue weighted by atomic mass is 16.5. The number of β-amino-alcohol motifs (C(OH)–C–C–N with tert-alkyl or cyclic N) is 1. The number of carbonyl (C=O) groups excluding carboxylic acids is 3. The smallest absolute Gasteiger partial charge is 0.246 e. The summed E-state index contributed by atoms with van der Waals surface area (Å²) in [5, 5.41) is 39.4. The zero-order valence-corrected chi connectivity index (χ0v) is 43.0. The molecule has 5 aliphatic rings. The van der Waals surface area contributed by atoms with E-state index in [1.54, 1.807) is 18.2 Å². The molecule has 0 radical (unpaired) electrons. The van der Waals surface area contributed by atoms with Crippen LogP contribution in [0, 0.1) is 29.1 Å². The Balaban J connectivity index is 0.716. The van der Waals surface area contributed by atoms with E-state index in [4.69, 9.17) is 21.1 Å². The van der Waals surface area contributed by atoms with Crippen molar-refractivity contribution in [3.63, 3.8) is 0 Å². The summed E-state index contributed by atoms with van der Waals surface area (Å²) in [4.78, 5) is 64.6. The van der Waals surface area contributed by atoms with Crippen LogP contribution in [-0.2, 0) is 20.9 Å². The van der Waals surface area contributed by atoms with Gasteiger partial charge >= 0.3 is 0 Å². The number of piperazine rings is 1. The number of phenols is 1. The van der Waals surface area contributed by atoms with E-state index in [1.807, 2.05) is 58.3 Å². The van der Waals surface area contributed by atoms with Gasteiger partial charge in [-0.25, -0.2) is 9.97 Å². The van der Waals surface area contributed by atoms with Gasteiger partial charge in [0.05, 0.1) is 31.1 Å². The van der Waals surface area contributed by atoms with E-state index in [0.717, 1.165) is 115 Å². The number of aromatic nitrogens is 5. The zero-order valence-electron chi connectivity index (χ0n) is 43.0. The van der Waals surface area contributed by atoms with Crippen molar-refractivity contribution in [1.82, 2.24) is 45.6 Å². The van der Waals surface area contributed by atoms with Gasteiger partial charge in [-0.15, -0.1) is 16.6 Å². The highest BCUT2D eigenvalue weighted by molar-refractivity contribution is 5.93. The second-order valence-corrected chi connectivity index (χ2v) is 21.9. The fraction of sp³-hybridized carbons (Fsp3) is 0.564. The first-order valence-corrected chi connectivity index (χ1v) is 26.2. The van der Waals surface area contributed by atoms with Crippen molar-refractivity contribution in [2.24, 2.45) is 16.7 Å².